The second-order valence-electron chi connectivity index (χ2n) is 8.16. The number of H-pyrrole nitrogens is 1. The van der Waals surface area contributed by atoms with Crippen molar-refractivity contribution < 1.29 is 28.2 Å². The number of rotatable bonds is 11. The molecule has 0 saturated heterocycles. The quantitative estimate of drug-likeness (QED) is 0.132. The van der Waals surface area contributed by atoms with E-state index in [9.17, 15) is 9.18 Å². The van der Waals surface area contributed by atoms with E-state index >= 15 is 4.39 Å². The van der Waals surface area contributed by atoms with Gasteiger partial charge in [-0.1, -0.05) is 0 Å². The summed E-state index contributed by atoms with van der Waals surface area (Å²) in [7, 11) is 0. The van der Waals surface area contributed by atoms with Crippen molar-refractivity contribution in [2.75, 3.05) is 25.2 Å². The SMILES string of the molecule is CC(=O)O.CCOc1cc(OCCF)c(F)c([C@H](Nc2ccc(C(=N)N)cc2)c2nn(-c3ncccn3)c(=O)[nH]2)c1. The van der Waals surface area contributed by atoms with Crippen LogP contribution in [0.25, 0.3) is 5.95 Å². The van der Waals surface area contributed by atoms with Crippen LogP contribution in [0.5, 0.6) is 11.5 Å². The molecule has 4 rings (SSSR count). The van der Waals surface area contributed by atoms with Gasteiger partial charge in [-0.25, -0.2) is 23.5 Å². The number of aromatic nitrogens is 5. The van der Waals surface area contributed by atoms with Crippen molar-refractivity contribution >= 4 is 17.5 Å². The Bertz CT molecular complexity index is 1520. The molecule has 2 aromatic heterocycles. The fourth-order valence-corrected chi connectivity index (χ4v) is 3.52. The molecule has 0 unspecified atom stereocenters. The molecule has 0 aliphatic heterocycles. The molecule has 216 valence electrons. The molecule has 2 aromatic carbocycles. The van der Waals surface area contributed by atoms with Gasteiger partial charge in [-0.15, -0.1) is 9.78 Å². The number of carbonyl (C=O) groups is 1. The molecule has 0 amide bonds. The van der Waals surface area contributed by atoms with E-state index in [0.717, 1.165) is 11.6 Å². The van der Waals surface area contributed by atoms with Gasteiger partial charge in [0.15, 0.2) is 17.4 Å². The molecule has 0 fully saturated rings. The Morgan fingerprint density at radius 1 is 1.22 bits per heavy atom. The van der Waals surface area contributed by atoms with E-state index < -0.39 is 30.2 Å². The second kappa shape index (κ2) is 14.2. The van der Waals surface area contributed by atoms with E-state index in [1.807, 2.05) is 0 Å². The molecule has 0 radical (unpaired) electrons. The van der Waals surface area contributed by atoms with Crippen LogP contribution >= 0.6 is 0 Å². The molecule has 1 atom stereocenters. The number of ether oxygens (including phenoxy) is 2. The van der Waals surface area contributed by atoms with E-state index in [0.29, 0.717) is 11.3 Å². The number of nitrogens with zero attached hydrogens (tertiary/aromatic N) is 4. The first-order valence-electron chi connectivity index (χ1n) is 12.2. The lowest BCUT2D eigenvalue weighted by molar-refractivity contribution is -0.134. The molecule has 15 heteroatoms. The van der Waals surface area contributed by atoms with Crippen molar-refractivity contribution in [3.8, 4) is 17.4 Å². The van der Waals surface area contributed by atoms with Crippen molar-refractivity contribution in [3.63, 3.8) is 0 Å². The first kappa shape index (κ1) is 30.2. The standard InChI is InChI=1S/C24H24F2N8O3.C2H4O2/c1-2-36-16-12-17(19(26)18(13-16)37-11-8-25)20(31-15-6-4-14(5-7-15)21(27)28)22-32-24(35)34(33-22)23-29-9-3-10-30-23;1-2(3)4/h3-7,9-10,12-13,20,31H,2,8,11H2,1H3,(H3,27,28)(H,32,33,35);1H3,(H,3,4)/t20-;/m0./s1. The first-order chi connectivity index (χ1) is 19.6. The van der Waals surface area contributed by atoms with E-state index in [2.05, 4.69) is 25.4 Å². The predicted molar refractivity (Wildman–Crippen MR) is 145 cm³/mol. The molecular weight excluding hydrogens is 542 g/mol. The molecule has 6 N–H and O–H groups in total. The normalized spacial score (nSPS) is 11.1. The Morgan fingerprint density at radius 2 is 1.88 bits per heavy atom. The van der Waals surface area contributed by atoms with Gasteiger partial charge in [0.05, 0.1) is 6.61 Å². The zero-order chi connectivity index (χ0) is 29.9. The van der Waals surface area contributed by atoms with Crippen LogP contribution in [0.3, 0.4) is 0 Å². The van der Waals surface area contributed by atoms with Gasteiger partial charge in [0.1, 0.15) is 30.9 Å². The Labute approximate surface area is 232 Å². The van der Waals surface area contributed by atoms with Crippen molar-refractivity contribution in [1.29, 1.82) is 5.41 Å². The highest BCUT2D eigenvalue weighted by atomic mass is 19.1. The molecule has 2 heterocycles. The molecular formula is C26H28F2N8O5. The summed E-state index contributed by atoms with van der Waals surface area (Å²) in [5.74, 6) is -1.61. The van der Waals surface area contributed by atoms with Gasteiger partial charge in [0.2, 0.25) is 0 Å². The summed E-state index contributed by atoms with van der Waals surface area (Å²) in [6.07, 6.45) is 2.91. The van der Waals surface area contributed by atoms with Gasteiger partial charge in [-0.3, -0.25) is 15.2 Å². The maximum atomic E-state index is 15.7. The summed E-state index contributed by atoms with van der Waals surface area (Å²) in [5, 5.41) is 22.4. The molecule has 0 spiro atoms. The highest BCUT2D eigenvalue weighted by molar-refractivity contribution is 5.95. The van der Waals surface area contributed by atoms with E-state index in [1.54, 1.807) is 37.3 Å². The average Bonchev–Trinajstić information content (AvgIpc) is 3.33. The summed E-state index contributed by atoms with van der Waals surface area (Å²) >= 11 is 0. The average molecular weight is 571 g/mol. The van der Waals surface area contributed by atoms with Gasteiger partial charge >= 0.3 is 5.69 Å². The van der Waals surface area contributed by atoms with Crippen LogP contribution < -0.4 is 26.2 Å². The van der Waals surface area contributed by atoms with Crippen LogP contribution in [0.1, 0.15) is 36.8 Å². The minimum atomic E-state index is -1.06. The van der Waals surface area contributed by atoms with E-state index in [1.165, 1.54) is 24.5 Å². The fraction of sp³-hybridized carbons (Fsp3) is 0.231. The number of aliphatic carboxylic acids is 1. The minimum absolute atomic E-state index is 0.0188. The van der Waals surface area contributed by atoms with Crippen LogP contribution in [0.15, 0.2) is 59.7 Å². The van der Waals surface area contributed by atoms with Gasteiger partial charge < -0.3 is 25.6 Å². The van der Waals surface area contributed by atoms with Crippen LogP contribution in [0.4, 0.5) is 14.5 Å². The number of carboxylic acid groups (broad SMARTS) is 1. The Balaban J connectivity index is 0.00000108. The monoisotopic (exact) mass is 570 g/mol. The second-order valence-corrected chi connectivity index (χ2v) is 8.16. The number of halogens is 2. The summed E-state index contributed by atoms with van der Waals surface area (Å²) in [6, 6.07) is 9.81. The largest absolute Gasteiger partial charge is 0.494 e. The number of nitrogens with one attached hydrogen (secondary N) is 3. The maximum absolute atomic E-state index is 15.7. The third-order valence-corrected chi connectivity index (χ3v) is 5.15. The lowest BCUT2D eigenvalue weighted by atomic mass is 10.0. The van der Waals surface area contributed by atoms with Crippen molar-refractivity contribution in [3.05, 3.63) is 88.1 Å². The summed E-state index contributed by atoms with van der Waals surface area (Å²) in [5.41, 5.74) is 5.91. The van der Waals surface area contributed by atoms with Crippen LogP contribution in [0.2, 0.25) is 0 Å². The maximum Gasteiger partial charge on any atom is 0.350 e. The number of carboxylic acids is 1. The molecule has 0 aliphatic rings. The summed E-state index contributed by atoms with van der Waals surface area (Å²) in [4.78, 5) is 32.4. The molecule has 13 nitrogen and oxygen atoms in total. The number of hydrogen-bond acceptors (Lipinski definition) is 9. The summed E-state index contributed by atoms with van der Waals surface area (Å²) < 4.78 is 40.3. The van der Waals surface area contributed by atoms with Crippen LogP contribution in [-0.4, -0.2) is 61.5 Å². The topological polar surface area (TPSA) is 194 Å². The Hall–Kier alpha value is -5.34. The molecule has 41 heavy (non-hydrogen) atoms. The zero-order valence-corrected chi connectivity index (χ0v) is 22.1. The number of hydrogen-bond donors (Lipinski definition) is 5. The Morgan fingerprint density at radius 3 is 2.46 bits per heavy atom. The Kier molecular flexibility index (Phi) is 10.4. The first-order valence-corrected chi connectivity index (χ1v) is 12.2. The predicted octanol–water partition coefficient (Wildman–Crippen LogP) is 2.81. The van der Waals surface area contributed by atoms with Gasteiger partial charge in [0, 0.05) is 42.2 Å². The molecule has 4 aromatic rings. The minimum Gasteiger partial charge on any atom is -0.494 e. The summed E-state index contributed by atoms with van der Waals surface area (Å²) in [6.45, 7) is 1.96. The lowest BCUT2D eigenvalue weighted by Crippen LogP contribution is -2.18. The van der Waals surface area contributed by atoms with Crippen molar-refractivity contribution in [2.45, 2.75) is 19.9 Å². The fourth-order valence-electron chi connectivity index (χ4n) is 3.52. The highest BCUT2D eigenvalue weighted by Crippen LogP contribution is 2.35. The molecule has 0 aliphatic carbocycles. The smallest absolute Gasteiger partial charge is 0.350 e. The van der Waals surface area contributed by atoms with Crippen LogP contribution in [0, 0.1) is 11.2 Å². The van der Waals surface area contributed by atoms with Crippen LogP contribution in [-0.2, 0) is 4.79 Å². The number of nitrogens with two attached hydrogens (primary N) is 1. The molecule has 0 saturated carbocycles. The van der Waals surface area contributed by atoms with E-state index in [-0.39, 0.29) is 47.9 Å². The van der Waals surface area contributed by atoms with Gasteiger partial charge in [0.25, 0.3) is 11.9 Å². The number of alkyl halides is 1. The van der Waals surface area contributed by atoms with E-state index in [4.69, 9.17) is 30.5 Å². The number of anilines is 1. The zero-order valence-electron chi connectivity index (χ0n) is 22.1. The molecule has 0 bridgehead atoms. The lowest BCUT2D eigenvalue weighted by Gasteiger charge is -2.21. The number of amidine groups is 1. The number of benzene rings is 2. The van der Waals surface area contributed by atoms with Crippen molar-refractivity contribution in [2.24, 2.45) is 5.73 Å². The third kappa shape index (κ3) is 8.08. The highest BCUT2D eigenvalue weighted by Gasteiger charge is 2.27. The van der Waals surface area contributed by atoms with Gasteiger partial charge in [-0.05, 0) is 43.3 Å². The third-order valence-electron chi connectivity index (χ3n) is 5.15. The number of nitrogen functional groups attached to an aromatic ring is 1. The number of aromatic amines is 1. The van der Waals surface area contributed by atoms with Crippen molar-refractivity contribution in [1.82, 2.24) is 24.7 Å². The van der Waals surface area contributed by atoms with Gasteiger partial charge in [-0.2, -0.15) is 0 Å².